The van der Waals surface area contributed by atoms with Gasteiger partial charge in [0, 0.05) is 44.0 Å². The van der Waals surface area contributed by atoms with Crippen molar-refractivity contribution in [1.29, 1.82) is 0 Å². The van der Waals surface area contributed by atoms with Gasteiger partial charge in [-0.1, -0.05) is 141 Å². The minimum absolute atomic E-state index is 0.0965. The number of para-hydroxylation sites is 2. The number of aromatic nitrogens is 2. The number of benzene rings is 7. The summed E-state index contributed by atoms with van der Waals surface area (Å²) in [5.41, 5.74) is 18.9. The van der Waals surface area contributed by atoms with Crippen molar-refractivity contribution in [2.24, 2.45) is 0 Å². The highest BCUT2D eigenvalue weighted by Crippen LogP contribution is 2.43. The smallest absolute Gasteiger partial charge is 0.252 e. The van der Waals surface area contributed by atoms with Gasteiger partial charge in [-0.15, -0.1) is 0 Å². The lowest BCUT2D eigenvalue weighted by Gasteiger charge is -2.34. The van der Waals surface area contributed by atoms with Gasteiger partial charge in [-0.2, -0.15) is 0 Å². The molecule has 2 aromatic heterocycles. The van der Waals surface area contributed by atoms with Crippen LogP contribution < -0.4 is 16.4 Å². The Labute approximate surface area is 284 Å². The van der Waals surface area contributed by atoms with Gasteiger partial charge in [-0.3, -0.25) is 0 Å². The molecule has 0 saturated heterocycles. The molecule has 0 radical (unpaired) electrons. The summed E-state index contributed by atoms with van der Waals surface area (Å²) in [5, 5.41) is 5.20. The second-order valence-corrected chi connectivity index (χ2v) is 13.4. The highest BCUT2D eigenvalue weighted by molar-refractivity contribution is 7.00. The van der Waals surface area contributed by atoms with Gasteiger partial charge in [0.1, 0.15) is 0 Å². The highest BCUT2D eigenvalue weighted by Gasteiger charge is 2.41. The number of nitrogens with zero attached hydrogens (tertiary/aromatic N) is 2. The van der Waals surface area contributed by atoms with E-state index in [2.05, 4.69) is 162 Å². The Bertz CT molecular complexity index is 2710. The molecule has 0 amide bonds. The van der Waals surface area contributed by atoms with Crippen molar-refractivity contribution >= 4 is 78.9 Å². The Morgan fingerprint density at radius 1 is 0.449 bits per heavy atom. The number of hydrogen-bond donors (Lipinski definition) is 0. The summed E-state index contributed by atoms with van der Waals surface area (Å²) in [6.45, 7) is 8.05. The molecule has 226 valence electrons. The average Bonchev–Trinajstić information content (AvgIpc) is 3.70. The molecule has 0 saturated carbocycles. The van der Waals surface area contributed by atoms with Gasteiger partial charge in [-0.05, 0) is 74.0 Å². The zero-order valence-corrected chi connectivity index (χ0v) is 26.8. The van der Waals surface area contributed by atoms with Crippen molar-refractivity contribution < 1.29 is 0 Å². The molecule has 0 spiro atoms. The van der Waals surface area contributed by atoms with Gasteiger partial charge in [0.2, 0.25) is 0 Å². The summed E-state index contributed by atoms with van der Waals surface area (Å²) in [6.07, 6.45) is 3.82. The molecule has 3 heteroatoms. The zero-order chi connectivity index (χ0) is 32.4. The SMILES string of the molecule is C=Cc1ccc(-c2ccc3c4c2c2ccccc2n4-c2cccc4c2B3c2ccc(-c3ccc(C=C)cc3)c3c5ccccc5n-4c23)cc1. The third kappa shape index (κ3) is 3.36. The van der Waals surface area contributed by atoms with Crippen molar-refractivity contribution in [3.63, 3.8) is 0 Å². The molecule has 9 aromatic rings. The molecule has 0 bridgehead atoms. The van der Waals surface area contributed by atoms with E-state index in [1.54, 1.807) is 0 Å². The van der Waals surface area contributed by atoms with Gasteiger partial charge >= 0.3 is 0 Å². The minimum atomic E-state index is 0.0965. The topological polar surface area (TPSA) is 9.86 Å². The van der Waals surface area contributed by atoms with E-state index in [1.165, 1.54) is 93.6 Å². The van der Waals surface area contributed by atoms with Crippen LogP contribution in [0.3, 0.4) is 0 Å². The molecule has 0 atom stereocenters. The van der Waals surface area contributed by atoms with Crippen molar-refractivity contribution in [3.8, 4) is 33.6 Å². The standard InChI is InChI=1S/C46H29BN2/c1-3-28-16-20-30(21-17-28)32-24-26-36-45-42(32)34-10-5-7-12-38(34)48(45)40-14-9-15-41-44(40)47(36)37-27-25-33(31-22-18-29(4-2)19-23-31)43-35-11-6-8-13-39(35)49(41)46(37)43/h3-27H,1-2H2. The van der Waals surface area contributed by atoms with E-state index in [0.717, 1.165) is 11.1 Å². The lowest BCUT2D eigenvalue weighted by molar-refractivity contribution is 1.14. The molecule has 0 aliphatic carbocycles. The summed E-state index contributed by atoms with van der Waals surface area (Å²) in [6, 6.07) is 51.9. The monoisotopic (exact) mass is 620 g/mol. The maximum Gasteiger partial charge on any atom is 0.252 e. The number of hydrogen-bond acceptors (Lipinski definition) is 0. The van der Waals surface area contributed by atoms with Crippen molar-refractivity contribution in [2.75, 3.05) is 0 Å². The molecular formula is C46H29BN2. The fourth-order valence-corrected chi connectivity index (χ4v) is 8.99. The molecular weight excluding hydrogens is 591 g/mol. The van der Waals surface area contributed by atoms with E-state index in [9.17, 15) is 0 Å². The molecule has 49 heavy (non-hydrogen) atoms. The fraction of sp³-hybridized carbons (Fsp3) is 0. The van der Waals surface area contributed by atoms with E-state index >= 15 is 0 Å². The first kappa shape index (κ1) is 26.7. The molecule has 2 aliphatic rings. The molecule has 11 rings (SSSR count). The van der Waals surface area contributed by atoms with Crippen LogP contribution in [0.4, 0.5) is 0 Å². The number of fused-ring (bicyclic) bond motifs is 10. The molecule has 4 heterocycles. The lowest BCUT2D eigenvalue weighted by Crippen LogP contribution is -2.59. The van der Waals surface area contributed by atoms with E-state index in [1.807, 2.05) is 12.2 Å². The van der Waals surface area contributed by atoms with Gasteiger partial charge < -0.3 is 9.13 Å². The van der Waals surface area contributed by atoms with Crippen LogP contribution in [0.2, 0.25) is 0 Å². The summed E-state index contributed by atoms with van der Waals surface area (Å²) < 4.78 is 5.08. The fourth-order valence-electron chi connectivity index (χ4n) is 8.99. The summed E-state index contributed by atoms with van der Waals surface area (Å²) in [5.74, 6) is 0. The third-order valence-corrected chi connectivity index (χ3v) is 11.1. The Balaban J connectivity index is 1.28. The van der Waals surface area contributed by atoms with E-state index in [0.29, 0.717) is 0 Å². The predicted molar refractivity (Wildman–Crippen MR) is 211 cm³/mol. The maximum absolute atomic E-state index is 3.98. The van der Waals surface area contributed by atoms with Crippen LogP contribution in [0.1, 0.15) is 11.1 Å². The first-order chi connectivity index (χ1) is 24.2. The van der Waals surface area contributed by atoms with Crippen LogP contribution in [0, 0.1) is 0 Å². The van der Waals surface area contributed by atoms with E-state index in [-0.39, 0.29) is 6.71 Å². The third-order valence-electron chi connectivity index (χ3n) is 11.1. The Morgan fingerprint density at radius 2 is 0.898 bits per heavy atom. The summed E-state index contributed by atoms with van der Waals surface area (Å²) >= 11 is 0. The minimum Gasteiger partial charge on any atom is -0.310 e. The maximum atomic E-state index is 3.98. The normalized spacial score (nSPS) is 12.6. The van der Waals surface area contributed by atoms with Crippen LogP contribution >= 0.6 is 0 Å². The van der Waals surface area contributed by atoms with Crippen LogP contribution in [0.15, 0.2) is 153 Å². The van der Waals surface area contributed by atoms with Crippen molar-refractivity contribution in [2.45, 2.75) is 0 Å². The highest BCUT2D eigenvalue weighted by atomic mass is 15.0. The molecule has 2 aliphatic heterocycles. The second kappa shape index (κ2) is 9.62. The Morgan fingerprint density at radius 3 is 1.35 bits per heavy atom. The van der Waals surface area contributed by atoms with Gasteiger partial charge in [0.05, 0.1) is 11.0 Å². The van der Waals surface area contributed by atoms with Crippen molar-refractivity contribution in [1.82, 2.24) is 9.13 Å². The molecule has 2 nitrogen and oxygen atoms in total. The zero-order valence-electron chi connectivity index (χ0n) is 26.8. The van der Waals surface area contributed by atoms with Crippen LogP contribution in [-0.2, 0) is 0 Å². The first-order valence-electron chi connectivity index (χ1n) is 17.0. The summed E-state index contributed by atoms with van der Waals surface area (Å²) in [4.78, 5) is 0. The number of rotatable bonds is 4. The molecule has 0 N–H and O–H groups in total. The largest absolute Gasteiger partial charge is 0.310 e. The molecule has 0 fully saturated rings. The van der Waals surface area contributed by atoms with Crippen LogP contribution in [0.5, 0.6) is 0 Å². The van der Waals surface area contributed by atoms with E-state index < -0.39 is 0 Å². The predicted octanol–water partition coefficient (Wildman–Crippen LogP) is 9.64. The molecule has 7 aromatic carbocycles. The van der Waals surface area contributed by atoms with Crippen molar-refractivity contribution in [3.05, 3.63) is 164 Å². The Hall–Kier alpha value is -6.32. The average molecular weight is 621 g/mol. The Kier molecular flexibility index (Phi) is 5.25. The van der Waals surface area contributed by atoms with Crippen LogP contribution in [-0.4, -0.2) is 15.8 Å². The first-order valence-corrected chi connectivity index (χ1v) is 17.0. The lowest BCUT2D eigenvalue weighted by atomic mass is 9.34. The summed E-state index contributed by atoms with van der Waals surface area (Å²) in [7, 11) is 0. The molecule has 0 unspecified atom stereocenters. The van der Waals surface area contributed by atoms with Gasteiger partial charge in [0.15, 0.2) is 0 Å². The quantitative estimate of drug-likeness (QED) is 0.174. The van der Waals surface area contributed by atoms with E-state index in [4.69, 9.17) is 0 Å². The van der Waals surface area contributed by atoms with Crippen LogP contribution in [0.25, 0.3) is 89.4 Å². The van der Waals surface area contributed by atoms with Gasteiger partial charge in [-0.25, -0.2) is 0 Å². The second-order valence-electron chi connectivity index (χ2n) is 13.4. The van der Waals surface area contributed by atoms with Gasteiger partial charge in [0.25, 0.3) is 6.71 Å².